The Labute approximate surface area is 92.1 Å². The van der Waals surface area contributed by atoms with Crippen LogP contribution < -0.4 is 5.73 Å². The minimum atomic E-state index is 0.194. The van der Waals surface area contributed by atoms with E-state index in [1.807, 2.05) is 13.8 Å². The maximum atomic E-state index is 6.06. The van der Waals surface area contributed by atoms with Crippen molar-refractivity contribution < 1.29 is 0 Å². The lowest BCUT2D eigenvalue weighted by molar-refractivity contribution is 0.489. The lowest BCUT2D eigenvalue weighted by atomic mass is 10.00. The standard InChI is InChI=1S/C12H21N3/c1-8(2)5-11(13)6-12-10(4)14-7-9(3)15-12/h7-8,11H,5-6,13H2,1-4H3. The van der Waals surface area contributed by atoms with E-state index in [-0.39, 0.29) is 6.04 Å². The largest absolute Gasteiger partial charge is 0.327 e. The number of hydrogen-bond acceptors (Lipinski definition) is 3. The Bertz CT molecular complexity index is 321. The van der Waals surface area contributed by atoms with Crippen molar-refractivity contribution in [1.82, 2.24) is 9.97 Å². The molecule has 1 rings (SSSR count). The molecule has 0 amide bonds. The molecule has 3 nitrogen and oxygen atoms in total. The van der Waals surface area contributed by atoms with E-state index in [9.17, 15) is 0 Å². The smallest absolute Gasteiger partial charge is 0.0634 e. The quantitative estimate of drug-likeness (QED) is 0.821. The molecule has 1 unspecified atom stereocenters. The van der Waals surface area contributed by atoms with Crippen molar-refractivity contribution in [3.05, 3.63) is 23.3 Å². The number of hydrogen-bond donors (Lipinski definition) is 1. The first-order chi connectivity index (χ1) is 6.99. The summed E-state index contributed by atoms with van der Waals surface area (Å²) in [5.74, 6) is 0.637. The average molecular weight is 207 g/mol. The minimum absolute atomic E-state index is 0.194. The summed E-state index contributed by atoms with van der Waals surface area (Å²) in [5, 5.41) is 0. The van der Waals surface area contributed by atoms with E-state index in [1.54, 1.807) is 6.20 Å². The van der Waals surface area contributed by atoms with Crippen LogP contribution in [0.15, 0.2) is 6.20 Å². The highest BCUT2D eigenvalue weighted by atomic mass is 14.8. The maximum Gasteiger partial charge on any atom is 0.0634 e. The van der Waals surface area contributed by atoms with Crippen molar-refractivity contribution in [3.8, 4) is 0 Å². The van der Waals surface area contributed by atoms with Gasteiger partial charge in [-0.3, -0.25) is 9.97 Å². The number of nitrogens with two attached hydrogens (primary N) is 1. The average Bonchev–Trinajstić information content (AvgIpc) is 2.10. The van der Waals surface area contributed by atoms with E-state index in [4.69, 9.17) is 5.73 Å². The molecule has 0 radical (unpaired) electrons. The van der Waals surface area contributed by atoms with Crippen molar-refractivity contribution in [1.29, 1.82) is 0 Å². The molecule has 1 aromatic rings. The van der Waals surface area contributed by atoms with E-state index in [2.05, 4.69) is 23.8 Å². The summed E-state index contributed by atoms with van der Waals surface area (Å²) in [6.45, 7) is 8.33. The van der Waals surface area contributed by atoms with Crippen LogP contribution in [0.2, 0.25) is 0 Å². The Hall–Kier alpha value is -0.960. The van der Waals surface area contributed by atoms with Crippen LogP contribution in [0.5, 0.6) is 0 Å². The third kappa shape index (κ3) is 3.96. The summed E-state index contributed by atoms with van der Waals surface area (Å²) in [6.07, 6.45) is 3.67. The second-order valence-electron chi connectivity index (χ2n) is 4.64. The summed E-state index contributed by atoms with van der Waals surface area (Å²) in [7, 11) is 0. The van der Waals surface area contributed by atoms with Crippen molar-refractivity contribution in [2.24, 2.45) is 11.7 Å². The normalized spacial score (nSPS) is 13.2. The molecular formula is C12H21N3. The Morgan fingerprint density at radius 2 is 2.00 bits per heavy atom. The van der Waals surface area contributed by atoms with E-state index < -0.39 is 0 Å². The monoisotopic (exact) mass is 207 g/mol. The molecule has 0 aromatic carbocycles. The van der Waals surface area contributed by atoms with E-state index >= 15 is 0 Å². The molecule has 0 saturated heterocycles. The van der Waals surface area contributed by atoms with Crippen LogP contribution in [0.3, 0.4) is 0 Å². The summed E-state index contributed by atoms with van der Waals surface area (Å²) in [6, 6.07) is 0.194. The summed E-state index contributed by atoms with van der Waals surface area (Å²) in [4.78, 5) is 8.77. The highest BCUT2D eigenvalue weighted by Crippen LogP contribution is 2.10. The lowest BCUT2D eigenvalue weighted by Gasteiger charge is -2.14. The molecule has 15 heavy (non-hydrogen) atoms. The highest BCUT2D eigenvalue weighted by molar-refractivity contribution is 5.13. The molecule has 0 spiro atoms. The predicted molar refractivity (Wildman–Crippen MR) is 62.6 cm³/mol. The van der Waals surface area contributed by atoms with Gasteiger partial charge in [-0.2, -0.15) is 0 Å². The molecule has 1 heterocycles. The molecule has 2 N–H and O–H groups in total. The molecule has 0 saturated carbocycles. The third-order valence-corrected chi connectivity index (χ3v) is 2.40. The van der Waals surface area contributed by atoms with Gasteiger partial charge in [0.2, 0.25) is 0 Å². The van der Waals surface area contributed by atoms with Crippen LogP contribution in [0.1, 0.15) is 37.4 Å². The predicted octanol–water partition coefficient (Wildman–Crippen LogP) is 2.01. The fraction of sp³-hybridized carbons (Fsp3) is 0.667. The topological polar surface area (TPSA) is 51.8 Å². The van der Waals surface area contributed by atoms with Crippen LogP contribution in [-0.4, -0.2) is 16.0 Å². The molecule has 0 aliphatic carbocycles. The zero-order valence-corrected chi connectivity index (χ0v) is 10.1. The first-order valence-electron chi connectivity index (χ1n) is 5.53. The fourth-order valence-electron chi connectivity index (χ4n) is 1.72. The van der Waals surface area contributed by atoms with Crippen molar-refractivity contribution in [2.45, 2.75) is 46.6 Å². The van der Waals surface area contributed by atoms with Gasteiger partial charge in [0.25, 0.3) is 0 Å². The number of nitrogens with zero attached hydrogens (tertiary/aromatic N) is 2. The van der Waals surface area contributed by atoms with Gasteiger partial charge in [0.1, 0.15) is 0 Å². The summed E-state index contributed by atoms with van der Waals surface area (Å²) < 4.78 is 0. The molecule has 0 aliphatic heterocycles. The zero-order chi connectivity index (χ0) is 11.4. The third-order valence-electron chi connectivity index (χ3n) is 2.40. The van der Waals surface area contributed by atoms with Crippen molar-refractivity contribution >= 4 is 0 Å². The number of aryl methyl sites for hydroxylation is 2. The van der Waals surface area contributed by atoms with Gasteiger partial charge in [0.15, 0.2) is 0 Å². The van der Waals surface area contributed by atoms with Crippen LogP contribution in [0.25, 0.3) is 0 Å². The van der Waals surface area contributed by atoms with Crippen molar-refractivity contribution in [2.75, 3.05) is 0 Å². The van der Waals surface area contributed by atoms with Gasteiger partial charge in [0, 0.05) is 18.7 Å². The van der Waals surface area contributed by atoms with Crippen LogP contribution >= 0.6 is 0 Å². The Balaban J connectivity index is 2.67. The molecule has 1 aromatic heterocycles. The Kier molecular flexibility index (Phi) is 4.21. The maximum absolute atomic E-state index is 6.06. The van der Waals surface area contributed by atoms with Gasteiger partial charge in [-0.1, -0.05) is 13.8 Å². The second-order valence-corrected chi connectivity index (χ2v) is 4.64. The molecule has 0 bridgehead atoms. The molecule has 1 atom stereocenters. The van der Waals surface area contributed by atoms with Gasteiger partial charge < -0.3 is 5.73 Å². The van der Waals surface area contributed by atoms with E-state index in [0.29, 0.717) is 5.92 Å². The molecule has 0 fully saturated rings. The van der Waals surface area contributed by atoms with E-state index in [1.165, 1.54) is 0 Å². The molecule has 3 heteroatoms. The molecular weight excluding hydrogens is 186 g/mol. The van der Waals surface area contributed by atoms with Gasteiger partial charge in [-0.25, -0.2) is 0 Å². The zero-order valence-electron chi connectivity index (χ0n) is 10.1. The minimum Gasteiger partial charge on any atom is -0.327 e. The van der Waals surface area contributed by atoms with E-state index in [0.717, 1.165) is 29.9 Å². The molecule has 0 aliphatic rings. The highest BCUT2D eigenvalue weighted by Gasteiger charge is 2.10. The van der Waals surface area contributed by atoms with Crippen LogP contribution in [0.4, 0.5) is 0 Å². The number of aromatic nitrogens is 2. The summed E-state index contributed by atoms with van der Waals surface area (Å²) in [5.41, 5.74) is 9.07. The first-order valence-corrected chi connectivity index (χ1v) is 5.53. The number of rotatable bonds is 4. The van der Waals surface area contributed by atoms with Gasteiger partial charge >= 0.3 is 0 Å². The fourth-order valence-corrected chi connectivity index (χ4v) is 1.72. The first kappa shape index (κ1) is 12.1. The van der Waals surface area contributed by atoms with Gasteiger partial charge in [-0.05, 0) is 26.2 Å². The van der Waals surface area contributed by atoms with Crippen LogP contribution in [-0.2, 0) is 6.42 Å². The van der Waals surface area contributed by atoms with Crippen LogP contribution in [0, 0.1) is 19.8 Å². The summed E-state index contributed by atoms with van der Waals surface area (Å²) >= 11 is 0. The SMILES string of the molecule is Cc1cnc(C)c(CC(N)CC(C)C)n1. The Morgan fingerprint density at radius 3 is 2.60 bits per heavy atom. The second kappa shape index (κ2) is 5.21. The van der Waals surface area contributed by atoms with Gasteiger partial charge in [0.05, 0.1) is 17.1 Å². The van der Waals surface area contributed by atoms with Crippen molar-refractivity contribution in [3.63, 3.8) is 0 Å². The molecule has 84 valence electrons. The van der Waals surface area contributed by atoms with Gasteiger partial charge in [-0.15, -0.1) is 0 Å². The lowest BCUT2D eigenvalue weighted by Crippen LogP contribution is -2.25. The Morgan fingerprint density at radius 1 is 1.33 bits per heavy atom.